The number of rotatable bonds is 4. The van der Waals surface area contributed by atoms with Gasteiger partial charge in [-0.2, -0.15) is 0 Å². The van der Waals surface area contributed by atoms with Gasteiger partial charge < -0.3 is 5.73 Å². The zero-order valence-corrected chi connectivity index (χ0v) is 6.91. The number of ketones is 1. The zero-order chi connectivity index (χ0) is 9.56. The molecular weight excluding hydrogens is 154 g/mol. The zero-order valence-electron chi connectivity index (χ0n) is 6.91. The molecule has 0 bridgehead atoms. The second kappa shape index (κ2) is 5.07. The van der Waals surface area contributed by atoms with Crippen LogP contribution in [0.2, 0.25) is 0 Å². The molecule has 0 aromatic rings. The molecule has 2 N–H and O–H groups in total. The van der Waals surface area contributed by atoms with Crippen LogP contribution in [0.1, 0.15) is 6.92 Å². The second-order valence-corrected chi connectivity index (χ2v) is 2.14. The topological polar surface area (TPSA) is 60.2 Å². The van der Waals surface area contributed by atoms with Crippen molar-refractivity contribution in [2.45, 2.75) is 6.92 Å². The van der Waals surface area contributed by atoms with Crippen LogP contribution in [-0.4, -0.2) is 12.1 Å². The Morgan fingerprint density at radius 1 is 1.50 bits per heavy atom. The summed E-state index contributed by atoms with van der Waals surface area (Å²) in [5.74, 6) is -0.147. The molecule has 0 aliphatic rings. The third-order valence-corrected chi connectivity index (χ3v) is 1.28. The lowest BCUT2D eigenvalue weighted by Crippen LogP contribution is -1.95. The number of aldehydes is 1. The number of carbonyl (C=O) groups is 2. The molecule has 0 amide bonds. The van der Waals surface area contributed by atoms with Crippen LogP contribution < -0.4 is 5.73 Å². The average Bonchev–Trinajstić information content (AvgIpc) is 2.06. The van der Waals surface area contributed by atoms with Crippen LogP contribution in [0.15, 0.2) is 36.1 Å². The molecule has 0 saturated heterocycles. The molecule has 0 unspecified atom stereocenters. The molecule has 0 rings (SSSR count). The largest absolute Gasteiger partial charge is 0.404 e. The van der Waals surface area contributed by atoms with E-state index in [4.69, 9.17) is 5.73 Å². The maximum atomic E-state index is 10.8. The van der Waals surface area contributed by atoms with Crippen LogP contribution in [0.5, 0.6) is 0 Å². The number of allylic oxidation sites excluding steroid dienone is 4. The van der Waals surface area contributed by atoms with E-state index in [-0.39, 0.29) is 11.4 Å². The van der Waals surface area contributed by atoms with E-state index in [1.54, 1.807) is 0 Å². The van der Waals surface area contributed by atoms with Crippen molar-refractivity contribution in [3.8, 4) is 0 Å². The van der Waals surface area contributed by atoms with Gasteiger partial charge in [-0.1, -0.05) is 12.7 Å². The van der Waals surface area contributed by atoms with Gasteiger partial charge >= 0.3 is 0 Å². The number of hydrogen-bond donors (Lipinski definition) is 1. The lowest BCUT2D eigenvalue weighted by atomic mass is 10.1. The highest BCUT2D eigenvalue weighted by Crippen LogP contribution is 2.01. The van der Waals surface area contributed by atoms with E-state index in [1.165, 1.54) is 19.1 Å². The molecule has 0 aliphatic carbocycles. The van der Waals surface area contributed by atoms with Gasteiger partial charge in [0, 0.05) is 17.3 Å². The first kappa shape index (κ1) is 10.4. The fraction of sp³-hybridized carbons (Fsp3) is 0.111. The van der Waals surface area contributed by atoms with Crippen LogP contribution in [-0.2, 0) is 9.59 Å². The second-order valence-electron chi connectivity index (χ2n) is 2.14. The molecule has 64 valence electrons. The summed E-state index contributed by atoms with van der Waals surface area (Å²) in [6, 6.07) is 0. The Morgan fingerprint density at radius 3 is 2.33 bits per heavy atom. The number of Topliss-reactive ketones (excluding diaryl/α,β-unsaturated/α-hetero) is 1. The highest BCUT2D eigenvalue weighted by Gasteiger charge is 1.98. The molecule has 0 saturated carbocycles. The van der Waals surface area contributed by atoms with Crippen molar-refractivity contribution in [2.75, 3.05) is 0 Å². The minimum atomic E-state index is -0.147. The maximum Gasteiger partial charge on any atom is 0.159 e. The Balaban J connectivity index is 4.81. The van der Waals surface area contributed by atoms with Crippen LogP contribution in [0.25, 0.3) is 0 Å². The molecule has 3 heteroatoms. The number of nitrogens with two attached hydrogens (primary N) is 1. The van der Waals surface area contributed by atoms with E-state index in [1.807, 2.05) is 0 Å². The predicted molar refractivity (Wildman–Crippen MR) is 47.3 cm³/mol. The van der Waals surface area contributed by atoms with E-state index in [0.29, 0.717) is 11.9 Å². The van der Waals surface area contributed by atoms with Crippen LogP contribution in [0, 0.1) is 0 Å². The number of hydrogen-bond acceptors (Lipinski definition) is 3. The summed E-state index contributed by atoms with van der Waals surface area (Å²) >= 11 is 0. The highest BCUT2D eigenvalue weighted by atomic mass is 16.1. The van der Waals surface area contributed by atoms with Crippen molar-refractivity contribution >= 4 is 12.1 Å². The first-order chi connectivity index (χ1) is 5.65. The quantitative estimate of drug-likeness (QED) is 0.379. The van der Waals surface area contributed by atoms with Gasteiger partial charge in [0.2, 0.25) is 0 Å². The van der Waals surface area contributed by atoms with Gasteiger partial charge in [0.05, 0.1) is 0 Å². The summed E-state index contributed by atoms with van der Waals surface area (Å²) in [7, 11) is 0. The fourth-order valence-corrected chi connectivity index (χ4v) is 0.605. The van der Waals surface area contributed by atoms with Gasteiger partial charge in [0.1, 0.15) is 0 Å². The van der Waals surface area contributed by atoms with Crippen molar-refractivity contribution in [3.63, 3.8) is 0 Å². The maximum absolute atomic E-state index is 10.8. The van der Waals surface area contributed by atoms with E-state index in [2.05, 4.69) is 6.58 Å². The summed E-state index contributed by atoms with van der Waals surface area (Å²) < 4.78 is 0. The molecule has 0 spiro atoms. The third-order valence-electron chi connectivity index (χ3n) is 1.28. The van der Waals surface area contributed by atoms with Crippen LogP contribution >= 0.6 is 0 Å². The Morgan fingerprint density at radius 2 is 2.08 bits per heavy atom. The van der Waals surface area contributed by atoms with Gasteiger partial charge in [-0.05, 0) is 13.0 Å². The standard InChI is InChI=1S/C9H11NO2/c1-3-9(7(2)12)4-8(5-10)6-11/h3-6H,1,10H2,2H3/b8-5+,9-4+. The normalized spacial score (nSPS) is 12.4. The summed E-state index contributed by atoms with van der Waals surface area (Å²) in [6.07, 6.45) is 4.49. The van der Waals surface area contributed by atoms with E-state index < -0.39 is 0 Å². The van der Waals surface area contributed by atoms with Gasteiger partial charge in [-0.3, -0.25) is 9.59 Å². The lowest BCUT2D eigenvalue weighted by molar-refractivity contribution is -0.113. The Labute approximate surface area is 71.3 Å². The molecule has 0 aliphatic heterocycles. The van der Waals surface area contributed by atoms with E-state index in [0.717, 1.165) is 6.20 Å². The van der Waals surface area contributed by atoms with Gasteiger partial charge in [0.25, 0.3) is 0 Å². The highest BCUT2D eigenvalue weighted by molar-refractivity contribution is 5.97. The monoisotopic (exact) mass is 165 g/mol. The van der Waals surface area contributed by atoms with Crippen molar-refractivity contribution in [3.05, 3.63) is 36.1 Å². The molecule has 0 radical (unpaired) electrons. The van der Waals surface area contributed by atoms with Crippen molar-refractivity contribution in [2.24, 2.45) is 5.73 Å². The van der Waals surface area contributed by atoms with Gasteiger partial charge in [-0.25, -0.2) is 0 Å². The summed E-state index contributed by atoms with van der Waals surface area (Å²) in [4.78, 5) is 21.1. The summed E-state index contributed by atoms with van der Waals surface area (Å²) in [6.45, 7) is 4.83. The van der Waals surface area contributed by atoms with Crippen LogP contribution in [0.3, 0.4) is 0 Å². The molecule has 0 aromatic heterocycles. The first-order valence-corrected chi connectivity index (χ1v) is 3.37. The minimum Gasteiger partial charge on any atom is -0.404 e. The number of carbonyl (C=O) groups excluding carboxylic acids is 2. The molecule has 0 aromatic carbocycles. The molecule has 0 fully saturated rings. The molecule has 0 atom stereocenters. The van der Waals surface area contributed by atoms with E-state index in [9.17, 15) is 9.59 Å². The van der Waals surface area contributed by atoms with Crippen molar-refractivity contribution in [1.29, 1.82) is 0 Å². The SMILES string of the molecule is C=C/C(=C\C(C=O)=C/N)C(C)=O. The summed E-state index contributed by atoms with van der Waals surface area (Å²) in [5.41, 5.74) is 5.74. The minimum absolute atomic E-state index is 0.147. The average molecular weight is 165 g/mol. The van der Waals surface area contributed by atoms with Gasteiger partial charge in [-0.15, -0.1) is 0 Å². The Hall–Kier alpha value is -1.64. The van der Waals surface area contributed by atoms with Crippen LogP contribution in [0.4, 0.5) is 0 Å². The third kappa shape index (κ3) is 2.96. The Kier molecular flexibility index (Phi) is 4.38. The molecular formula is C9H11NO2. The molecule has 0 heterocycles. The van der Waals surface area contributed by atoms with Crippen molar-refractivity contribution in [1.82, 2.24) is 0 Å². The van der Waals surface area contributed by atoms with Gasteiger partial charge in [0.15, 0.2) is 12.1 Å². The van der Waals surface area contributed by atoms with Crippen molar-refractivity contribution < 1.29 is 9.59 Å². The fourth-order valence-electron chi connectivity index (χ4n) is 0.605. The van der Waals surface area contributed by atoms with E-state index >= 15 is 0 Å². The molecule has 3 nitrogen and oxygen atoms in total. The summed E-state index contributed by atoms with van der Waals surface area (Å²) in [5, 5.41) is 0. The Bertz CT molecular complexity index is 262. The first-order valence-electron chi connectivity index (χ1n) is 3.37. The molecule has 12 heavy (non-hydrogen) atoms. The predicted octanol–water partition coefficient (Wildman–Crippen LogP) is 0.729. The smallest absolute Gasteiger partial charge is 0.159 e. The lowest BCUT2D eigenvalue weighted by Gasteiger charge is -1.94.